The second-order valence-corrected chi connectivity index (χ2v) is 4.85. The summed E-state index contributed by atoms with van der Waals surface area (Å²) in [6.07, 6.45) is 4.16. The number of hydrogen-bond acceptors (Lipinski definition) is 0. The zero-order valence-electron chi connectivity index (χ0n) is 7.39. The second-order valence-electron chi connectivity index (χ2n) is 3.02. The maximum absolute atomic E-state index is 5.43. The Labute approximate surface area is 97.0 Å². The fraction of sp³-hybridized carbons (Fsp3) is 0.364. The average molecular weight is 304 g/mol. The highest BCUT2D eigenvalue weighted by atomic mass is 79.9. The Morgan fingerprint density at radius 2 is 1.62 bits per heavy atom. The van der Waals surface area contributed by atoms with Gasteiger partial charge in [-0.2, -0.15) is 0 Å². The third-order valence-electron chi connectivity index (χ3n) is 1.84. The highest BCUT2D eigenvalue weighted by Crippen LogP contribution is 2.21. The second kappa shape index (κ2) is 5.82. The Hall–Kier alpha value is 0.180. The summed E-state index contributed by atoms with van der Waals surface area (Å²) in [7, 11) is 0. The van der Waals surface area contributed by atoms with Crippen LogP contribution in [-0.4, -0.2) is 0 Å². The van der Waals surface area contributed by atoms with Gasteiger partial charge in [0.05, 0.1) is 0 Å². The molecule has 0 spiro atoms. The molecule has 0 nitrogen and oxygen atoms in total. The molecule has 0 bridgehead atoms. The minimum Gasteiger partial charge on any atom is -0.0527 e. The van der Waals surface area contributed by atoms with Crippen molar-refractivity contribution in [2.45, 2.75) is 25.7 Å². The van der Waals surface area contributed by atoms with E-state index in [4.69, 9.17) is 6.92 Å². The Morgan fingerprint density at radius 3 is 2.15 bits per heavy atom. The lowest BCUT2D eigenvalue weighted by molar-refractivity contribution is 0.745. The van der Waals surface area contributed by atoms with E-state index < -0.39 is 0 Å². The molecule has 0 saturated carbocycles. The maximum atomic E-state index is 5.43. The predicted octanol–water partition coefficient (Wildman–Crippen LogP) is 4.64. The summed E-state index contributed by atoms with van der Waals surface area (Å²) in [6, 6.07) is 6.36. The Balaban J connectivity index is 2.56. The van der Waals surface area contributed by atoms with Crippen molar-refractivity contribution in [2.24, 2.45) is 0 Å². The lowest BCUT2D eigenvalue weighted by Crippen LogP contribution is -1.85. The van der Waals surface area contributed by atoms with Crippen LogP contribution in [-0.2, 0) is 6.42 Å². The molecule has 0 aliphatic carbocycles. The molecule has 0 atom stereocenters. The van der Waals surface area contributed by atoms with Crippen LogP contribution in [0.2, 0.25) is 0 Å². The molecule has 0 heterocycles. The summed E-state index contributed by atoms with van der Waals surface area (Å²) in [5, 5.41) is 0. The molecule has 0 unspecified atom stereocenters. The van der Waals surface area contributed by atoms with Gasteiger partial charge in [-0.1, -0.05) is 38.3 Å². The van der Waals surface area contributed by atoms with Crippen LogP contribution in [0.15, 0.2) is 27.1 Å². The van der Waals surface area contributed by atoms with Gasteiger partial charge in [-0.15, -0.1) is 0 Å². The van der Waals surface area contributed by atoms with Crippen molar-refractivity contribution < 1.29 is 0 Å². The van der Waals surface area contributed by atoms with E-state index in [0.717, 1.165) is 28.2 Å². The minimum absolute atomic E-state index is 0.787. The molecule has 0 aromatic heterocycles. The van der Waals surface area contributed by atoms with Crippen molar-refractivity contribution in [1.82, 2.24) is 0 Å². The van der Waals surface area contributed by atoms with E-state index >= 15 is 0 Å². The molecule has 13 heavy (non-hydrogen) atoms. The molecule has 0 fully saturated rings. The average Bonchev–Trinajstić information content (AvgIpc) is 2.03. The topological polar surface area (TPSA) is 0 Å². The maximum Gasteiger partial charge on any atom is 0.0189 e. The van der Waals surface area contributed by atoms with Crippen molar-refractivity contribution in [3.05, 3.63) is 39.6 Å². The van der Waals surface area contributed by atoms with Crippen LogP contribution in [0.25, 0.3) is 0 Å². The minimum atomic E-state index is 0.787. The van der Waals surface area contributed by atoms with Crippen LogP contribution in [0, 0.1) is 6.92 Å². The van der Waals surface area contributed by atoms with Gasteiger partial charge in [0, 0.05) is 8.95 Å². The van der Waals surface area contributed by atoms with Crippen molar-refractivity contribution in [3.63, 3.8) is 0 Å². The van der Waals surface area contributed by atoms with Gasteiger partial charge in [0.25, 0.3) is 0 Å². The summed E-state index contributed by atoms with van der Waals surface area (Å²) < 4.78 is 2.26. The van der Waals surface area contributed by atoms with E-state index in [2.05, 4.69) is 44.0 Å². The fourth-order valence-corrected chi connectivity index (χ4v) is 2.62. The molecule has 0 aliphatic rings. The molecular weight excluding hydrogens is 292 g/mol. The van der Waals surface area contributed by atoms with E-state index in [1.165, 1.54) is 12.0 Å². The number of hydrogen-bond donors (Lipinski definition) is 0. The first-order valence-electron chi connectivity index (χ1n) is 4.37. The third kappa shape index (κ3) is 4.28. The predicted molar refractivity (Wildman–Crippen MR) is 63.7 cm³/mol. The van der Waals surface area contributed by atoms with E-state index in [1.807, 2.05) is 6.07 Å². The monoisotopic (exact) mass is 302 g/mol. The van der Waals surface area contributed by atoms with E-state index in [-0.39, 0.29) is 0 Å². The van der Waals surface area contributed by atoms with Crippen LogP contribution in [0.5, 0.6) is 0 Å². The van der Waals surface area contributed by atoms with Crippen LogP contribution < -0.4 is 0 Å². The highest BCUT2D eigenvalue weighted by Gasteiger charge is 1.97. The first-order valence-corrected chi connectivity index (χ1v) is 5.96. The summed E-state index contributed by atoms with van der Waals surface area (Å²) in [6.45, 7) is 5.43. The molecule has 0 aliphatic heterocycles. The largest absolute Gasteiger partial charge is 0.0527 e. The highest BCUT2D eigenvalue weighted by molar-refractivity contribution is 9.11. The van der Waals surface area contributed by atoms with E-state index in [0.29, 0.717) is 0 Å². The summed E-state index contributed by atoms with van der Waals surface area (Å²) in [5.74, 6) is 0. The normalized spacial score (nSPS) is 10.4. The molecule has 70 valence electrons. The summed E-state index contributed by atoms with van der Waals surface area (Å²) in [5.41, 5.74) is 1.36. The first kappa shape index (κ1) is 11.3. The van der Waals surface area contributed by atoms with Gasteiger partial charge in [0.15, 0.2) is 0 Å². The number of benzene rings is 1. The van der Waals surface area contributed by atoms with Gasteiger partial charge in [0.1, 0.15) is 0 Å². The molecule has 2 heteroatoms. The quantitative estimate of drug-likeness (QED) is 0.711. The van der Waals surface area contributed by atoms with E-state index in [9.17, 15) is 0 Å². The molecule has 0 saturated heterocycles. The Bertz CT molecular complexity index is 249. The van der Waals surface area contributed by atoms with Gasteiger partial charge >= 0.3 is 0 Å². The molecule has 1 aromatic rings. The van der Waals surface area contributed by atoms with Crippen molar-refractivity contribution in [2.75, 3.05) is 0 Å². The number of halogens is 2. The Morgan fingerprint density at radius 1 is 1.00 bits per heavy atom. The fourth-order valence-electron chi connectivity index (χ4n) is 1.23. The Kier molecular flexibility index (Phi) is 5.04. The van der Waals surface area contributed by atoms with Gasteiger partial charge < -0.3 is 0 Å². The lowest BCUT2D eigenvalue weighted by atomic mass is 10.1. The van der Waals surface area contributed by atoms with Gasteiger partial charge in [0.2, 0.25) is 0 Å². The SMILES string of the molecule is [CH]CCCCc1cc(Br)cc(Br)c1. The van der Waals surface area contributed by atoms with Crippen molar-refractivity contribution >= 4 is 31.9 Å². The first-order chi connectivity index (χ1) is 6.22. The molecule has 1 aromatic carbocycles. The molecule has 0 N–H and O–H groups in total. The zero-order valence-corrected chi connectivity index (χ0v) is 10.6. The van der Waals surface area contributed by atoms with Gasteiger partial charge in [-0.3, -0.25) is 0 Å². The smallest absolute Gasteiger partial charge is 0.0189 e. The lowest BCUT2D eigenvalue weighted by Gasteiger charge is -2.02. The standard InChI is InChI=1S/C11H12Br2/c1-2-3-4-5-9-6-10(12)8-11(13)7-9/h1,6-8H,2-5H2. The number of aryl methyl sites for hydroxylation is 1. The molecular formula is C11H12Br2. The van der Waals surface area contributed by atoms with Crippen LogP contribution in [0.1, 0.15) is 24.8 Å². The van der Waals surface area contributed by atoms with Crippen LogP contribution in [0.4, 0.5) is 0 Å². The summed E-state index contributed by atoms with van der Waals surface area (Å²) >= 11 is 6.93. The van der Waals surface area contributed by atoms with Crippen LogP contribution >= 0.6 is 31.9 Å². The van der Waals surface area contributed by atoms with Gasteiger partial charge in [-0.25, -0.2) is 0 Å². The number of rotatable bonds is 4. The molecule has 0 amide bonds. The molecule has 2 radical (unpaired) electrons. The third-order valence-corrected chi connectivity index (χ3v) is 2.76. The molecule has 1 rings (SSSR count). The van der Waals surface area contributed by atoms with Crippen molar-refractivity contribution in [1.29, 1.82) is 0 Å². The number of unbranched alkanes of at least 4 members (excludes halogenated alkanes) is 2. The van der Waals surface area contributed by atoms with Crippen molar-refractivity contribution in [3.8, 4) is 0 Å². The summed E-state index contributed by atoms with van der Waals surface area (Å²) in [4.78, 5) is 0. The zero-order chi connectivity index (χ0) is 9.68. The van der Waals surface area contributed by atoms with E-state index in [1.54, 1.807) is 0 Å². The van der Waals surface area contributed by atoms with Crippen LogP contribution in [0.3, 0.4) is 0 Å². The van der Waals surface area contributed by atoms with Gasteiger partial charge in [-0.05, 0) is 49.9 Å².